The molecule has 2 atom stereocenters. The number of anilines is 1. The van der Waals surface area contributed by atoms with Crippen LogP contribution in [-0.4, -0.2) is 18.1 Å². The number of fused-ring (bicyclic) bond motifs is 2. The third kappa shape index (κ3) is 1.85. The first kappa shape index (κ1) is 11.1. The van der Waals surface area contributed by atoms with E-state index in [2.05, 4.69) is 36.9 Å². The Balaban J connectivity index is 1.97. The lowest BCUT2D eigenvalue weighted by Crippen LogP contribution is -2.47. The molecule has 1 aromatic rings. The Kier molecular flexibility index (Phi) is 2.62. The van der Waals surface area contributed by atoms with Crippen molar-refractivity contribution in [1.82, 2.24) is 0 Å². The van der Waals surface area contributed by atoms with Gasteiger partial charge in [-0.05, 0) is 56.7 Å². The molecule has 0 aromatic heterocycles. The van der Waals surface area contributed by atoms with Crippen LogP contribution in [0.3, 0.4) is 0 Å². The molecule has 2 N–H and O–H groups in total. The minimum atomic E-state index is 0.425. The van der Waals surface area contributed by atoms with E-state index in [4.69, 9.17) is 5.73 Å². The van der Waals surface area contributed by atoms with Gasteiger partial charge >= 0.3 is 0 Å². The largest absolute Gasteiger partial charge is 0.365 e. The molecule has 2 bridgehead atoms. The molecule has 0 amide bonds. The molecule has 17 heavy (non-hydrogen) atoms. The van der Waals surface area contributed by atoms with Gasteiger partial charge in [0.2, 0.25) is 0 Å². The third-order valence-electron chi connectivity index (χ3n) is 4.41. The van der Waals surface area contributed by atoms with Crippen LogP contribution in [0.2, 0.25) is 0 Å². The fourth-order valence-corrected chi connectivity index (χ4v) is 3.61. The Labute approximate surface area is 104 Å². The molecule has 92 valence electrons. The second-order valence-corrected chi connectivity index (χ2v) is 5.81. The lowest BCUT2D eigenvalue weighted by molar-refractivity contribution is 0.414. The molecule has 2 nitrogen and oxygen atoms in total. The lowest BCUT2D eigenvalue weighted by atomic mass is 9.96. The number of nitrogens with zero attached hydrogens (tertiary/aromatic N) is 1. The van der Waals surface area contributed by atoms with Crippen LogP contribution < -0.4 is 10.6 Å². The highest BCUT2D eigenvalue weighted by Crippen LogP contribution is 2.40. The van der Waals surface area contributed by atoms with E-state index >= 15 is 0 Å². The number of hydrogen-bond donors (Lipinski definition) is 1. The van der Waals surface area contributed by atoms with E-state index in [1.54, 1.807) is 0 Å². The number of benzene rings is 1. The Morgan fingerprint density at radius 2 is 1.76 bits per heavy atom. The second kappa shape index (κ2) is 4.02. The van der Waals surface area contributed by atoms with Crippen LogP contribution in [-0.2, 0) is 0 Å². The van der Waals surface area contributed by atoms with Gasteiger partial charge in [-0.25, -0.2) is 0 Å². The molecule has 2 unspecified atom stereocenters. The lowest BCUT2D eigenvalue weighted by Gasteiger charge is -2.40. The molecule has 3 rings (SSSR count). The minimum Gasteiger partial charge on any atom is -0.365 e. The summed E-state index contributed by atoms with van der Waals surface area (Å²) in [5.74, 6) is 0. The molecule has 0 spiro atoms. The molecule has 0 radical (unpaired) electrons. The van der Waals surface area contributed by atoms with Crippen molar-refractivity contribution in [2.45, 2.75) is 57.7 Å². The van der Waals surface area contributed by atoms with Gasteiger partial charge in [0, 0.05) is 23.8 Å². The standard InChI is InChI=1S/C15H22N2/c1-10-3-4-11(2)15(7-10)17-13-5-6-14(17)9-12(16)8-13/h3-4,7,12-14H,5-6,8-9,16H2,1-2H3. The highest BCUT2D eigenvalue weighted by atomic mass is 15.2. The van der Waals surface area contributed by atoms with Gasteiger partial charge in [-0.3, -0.25) is 0 Å². The smallest absolute Gasteiger partial charge is 0.0403 e. The fraction of sp³-hybridized carbons (Fsp3) is 0.600. The number of nitrogens with two attached hydrogens (primary N) is 1. The zero-order valence-corrected chi connectivity index (χ0v) is 10.8. The molecule has 2 saturated heterocycles. The first-order chi connectivity index (χ1) is 8.15. The van der Waals surface area contributed by atoms with E-state index in [0.29, 0.717) is 18.1 Å². The van der Waals surface area contributed by atoms with Crippen molar-refractivity contribution in [2.24, 2.45) is 5.73 Å². The summed E-state index contributed by atoms with van der Waals surface area (Å²) in [5.41, 5.74) is 10.4. The average Bonchev–Trinajstić information content (AvgIpc) is 2.54. The topological polar surface area (TPSA) is 29.3 Å². The molecule has 2 heterocycles. The van der Waals surface area contributed by atoms with Gasteiger partial charge in [-0.1, -0.05) is 12.1 Å². The highest BCUT2D eigenvalue weighted by molar-refractivity contribution is 5.57. The summed E-state index contributed by atoms with van der Waals surface area (Å²) in [4.78, 5) is 2.66. The number of aryl methyl sites for hydroxylation is 2. The summed E-state index contributed by atoms with van der Waals surface area (Å²) in [7, 11) is 0. The number of hydrogen-bond acceptors (Lipinski definition) is 2. The van der Waals surface area contributed by atoms with Gasteiger partial charge in [0.25, 0.3) is 0 Å². The van der Waals surface area contributed by atoms with E-state index in [-0.39, 0.29) is 0 Å². The molecule has 1 aromatic carbocycles. The van der Waals surface area contributed by atoms with Crippen LogP contribution in [0, 0.1) is 13.8 Å². The maximum absolute atomic E-state index is 6.14. The summed E-state index contributed by atoms with van der Waals surface area (Å²) >= 11 is 0. The monoisotopic (exact) mass is 230 g/mol. The molecule has 2 aliphatic heterocycles. The summed E-state index contributed by atoms with van der Waals surface area (Å²) in [6.07, 6.45) is 4.99. The molecule has 0 saturated carbocycles. The molecule has 0 aliphatic carbocycles. The maximum atomic E-state index is 6.14. The minimum absolute atomic E-state index is 0.425. The van der Waals surface area contributed by atoms with Crippen molar-refractivity contribution in [1.29, 1.82) is 0 Å². The summed E-state index contributed by atoms with van der Waals surface area (Å²) in [6, 6.07) is 8.59. The van der Waals surface area contributed by atoms with Crippen molar-refractivity contribution in [3.63, 3.8) is 0 Å². The van der Waals surface area contributed by atoms with Crippen LogP contribution in [0.5, 0.6) is 0 Å². The van der Waals surface area contributed by atoms with Crippen LogP contribution in [0.15, 0.2) is 18.2 Å². The summed E-state index contributed by atoms with van der Waals surface area (Å²) < 4.78 is 0. The fourth-order valence-electron chi connectivity index (χ4n) is 3.61. The molecule has 2 fully saturated rings. The van der Waals surface area contributed by atoms with Gasteiger partial charge in [-0.2, -0.15) is 0 Å². The quantitative estimate of drug-likeness (QED) is 0.804. The second-order valence-electron chi connectivity index (χ2n) is 5.81. The normalized spacial score (nSPS) is 31.9. The van der Waals surface area contributed by atoms with Gasteiger partial charge in [0.05, 0.1) is 0 Å². The predicted octanol–water partition coefficient (Wildman–Crippen LogP) is 2.76. The van der Waals surface area contributed by atoms with E-state index in [1.165, 1.54) is 42.5 Å². The van der Waals surface area contributed by atoms with Crippen molar-refractivity contribution in [3.05, 3.63) is 29.3 Å². The van der Waals surface area contributed by atoms with Gasteiger partial charge in [0.15, 0.2) is 0 Å². The summed E-state index contributed by atoms with van der Waals surface area (Å²) in [5, 5.41) is 0. The molecular formula is C15H22N2. The summed E-state index contributed by atoms with van der Waals surface area (Å²) in [6.45, 7) is 4.41. The average molecular weight is 230 g/mol. The Morgan fingerprint density at radius 3 is 2.41 bits per heavy atom. The first-order valence-corrected chi connectivity index (χ1v) is 6.76. The zero-order chi connectivity index (χ0) is 12.0. The van der Waals surface area contributed by atoms with E-state index < -0.39 is 0 Å². The highest BCUT2D eigenvalue weighted by Gasteiger charge is 2.39. The van der Waals surface area contributed by atoms with Crippen LogP contribution in [0.25, 0.3) is 0 Å². The van der Waals surface area contributed by atoms with E-state index in [9.17, 15) is 0 Å². The Bertz CT molecular complexity index is 413. The predicted molar refractivity (Wildman–Crippen MR) is 72.4 cm³/mol. The van der Waals surface area contributed by atoms with Crippen molar-refractivity contribution in [2.75, 3.05) is 4.90 Å². The number of rotatable bonds is 1. The Morgan fingerprint density at radius 1 is 1.12 bits per heavy atom. The SMILES string of the molecule is Cc1ccc(C)c(N2C3CCC2CC(N)C3)c1. The van der Waals surface area contributed by atoms with Crippen LogP contribution in [0.1, 0.15) is 36.8 Å². The van der Waals surface area contributed by atoms with E-state index in [1.807, 2.05) is 0 Å². The van der Waals surface area contributed by atoms with Crippen molar-refractivity contribution in [3.8, 4) is 0 Å². The third-order valence-corrected chi connectivity index (χ3v) is 4.41. The van der Waals surface area contributed by atoms with Gasteiger partial charge < -0.3 is 10.6 Å². The zero-order valence-electron chi connectivity index (χ0n) is 10.8. The van der Waals surface area contributed by atoms with Gasteiger partial charge in [0.1, 0.15) is 0 Å². The number of piperidine rings is 1. The van der Waals surface area contributed by atoms with Crippen LogP contribution in [0.4, 0.5) is 5.69 Å². The van der Waals surface area contributed by atoms with Gasteiger partial charge in [-0.15, -0.1) is 0 Å². The molecule has 2 aliphatic rings. The van der Waals surface area contributed by atoms with Crippen molar-refractivity contribution < 1.29 is 0 Å². The first-order valence-electron chi connectivity index (χ1n) is 6.76. The van der Waals surface area contributed by atoms with E-state index in [0.717, 1.165) is 0 Å². The van der Waals surface area contributed by atoms with Crippen LogP contribution >= 0.6 is 0 Å². The van der Waals surface area contributed by atoms with Crippen molar-refractivity contribution >= 4 is 5.69 Å². The Hall–Kier alpha value is -1.02. The molecule has 2 heteroatoms. The molecular weight excluding hydrogens is 208 g/mol. The maximum Gasteiger partial charge on any atom is 0.0403 e.